The Bertz CT molecular complexity index is 2010. The predicted octanol–water partition coefficient (Wildman–Crippen LogP) is 13.3. The van der Waals surface area contributed by atoms with E-state index >= 15 is 0 Å². The number of unbranched alkanes of at least 4 members (excludes halogenated alkanes) is 24. The van der Waals surface area contributed by atoms with Crippen molar-refractivity contribution in [3.05, 3.63) is 18.6 Å². The maximum absolute atomic E-state index is 13.4. The van der Waals surface area contributed by atoms with Crippen molar-refractivity contribution < 1.29 is 52.5 Å². The Morgan fingerprint density at radius 2 is 1.13 bits per heavy atom. The Hall–Kier alpha value is -5.27. The lowest BCUT2D eigenvalue weighted by Crippen LogP contribution is -2.52. The quantitative estimate of drug-likeness (QED) is 0.0262. The topological polar surface area (TPSA) is 210 Å². The van der Waals surface area contributed by atoms with Crippen LogP contribution in [0, 0.1) is 23.2 Å². The summed E-state index contributed by atoms with van der Waals surface area (Å²) in [6, 6.07) is 3.51. The number of esters is 4. The Morgan fingerprint density at radius 3 is 1.61 bits per heavy atom. The molecule has 3 rings (SSSR count). The zero-order valence-electron chi connectivity index (χ0n) is 48.2. The zero-order valence-corrected chi connectivity index (χ0v) is 48.2. The van der Waals surface area contributed by atoms with E-state index in [1.807, 2.05) is 18.0 Å². The van der Waals surface area contributed by atoms with Gasteiger partial charge in [-0.3, -0.25) is 24.0 Å². The molecule has 0 N–H and O–H groups in total. The molecule has 3 heterocycles. The second-order valence-electron chi connectivity index (χ2n) is 21.7. The van der Waals surface area contributed by atoms with Gasteiger partial charge in [0, 0.05) is 58.9 Å². The third kappa shape index (κ3) is 27.7. The monoisotopic (exact) mass is 1080 g/mol. The molecule has 0 aromatic carbocycles. The van der Waals surface area contributed by atoms with Crippen molar-refractivity contribution in [2.24, 2.45) is 11.8 Å². The van der Waals surface area contributed by atoms with Crippen LogP contribution in [-0.4, -0.2) is 107 Å². The van der Waals surface area contributed by atoms with Crippen molar-refractivity contribution in [1.82, 2.24) is 19.4 Å². The highest BCUT2D eigenvalue weighted by Gasteiger charge is 2.33. The standard InChI is InChI=1S/C60H98N6O11/c1-7-9-11-13-15-17-19-21-23-25-27-29-31-33-54(68)73-44-50(45-74-55(69)34-32-30-28-26-24-22-20-18-16-14-12-10-8-2)77-57(71)42-47(3)41-56(70)75-49(5)76-60(72)66-40-37-51-58(62-46-63-59(51)66)64(6)52-43-65(39-36-48(52)4)53(67)35-38-61/h37,40,46-50,52H,7-36,39,41-45H2,1-6H3/t47?,48-,49?,52+/m1/s1. The van der Waals surface area contributed by atoms with Gasteiger partial charge >= 0.3 is 30.0 Å². The molecule has 1 fully saturated rings. The number of hydrogen-bond donors (Lipinski definition) is 0. The van der Waals surface area contributed by atoms with Crippen LogP contribution < -0.4 is 4.90 Å². The SMILES string of the molecule is CCCCCCCCCCCCCCCC(=O)OCC(COC(=O)CCCCCCCCCCCCCCC)OC(=O)CC(C)CC(=O)OC(C)OC(=O)n1ccc2c(N(C)[C@H]3CN(C(=O)CC#N)CC[C@H]3C)ncnc21. The van der Waals surface area contributed by atoms with E-state index in [0.717, 1.165) is 44.9 Å². The van der Waals surface area contributed by atoms with Gasteiger partial charge in [0.05, 0.1) is 17.5 Å². The van der Waals surface area contributed by atoms with Gasteiger partial charge in [-0.25, -0.2) is 19.3 Å². The number of carbonyl (C=O) groups is 6. The van der Waals surface area contributed by atoms with E-state index in [4.69, 9.17) is 28.9 Å². The summed E-state index contributed by atoms with van der Waals surface area (Å²) in [7, 11) is 1.87. The second kappa shape index (κ2) is 40.0. The molecular weight excluding hydrogens is 981 g/mol. The first-order valence-corrected chi connectivity index (χ1v) is 29.9. The number of likely N-dealkylation sites (tertiary alicyclic amines) is 1. The highest BCUT2D eigenvalue weighted by molar-refractivity contribution is 5.93. The summed E-state index contributed by atoms with van der Waals surface area (Å²) in [5.74, 6) is -2.18. The van der Waals surface area contributed by atoms with Crippen LogP contribution in [0.2, 0.25) is 0 Å². The molecule has 2 unspecified atom stereocenters. The molecule has 0 radical (unpaired) electrons. The second-order valence-corrected chi connectivity index (χ2v) is 21.7. The minimum atomic E-state index is -1.29. The molecule has 1 aliphatic rings. The summed E-state index contributed by atoms with van der Waals surface area (Å²) in [4.78, 5) is 90.2. The summed E-state index contributed by atoms with van der Waals surface area (Å²) >= 11 is 0. The van der Waals surface area contributed by atoms with Crippen LogP contribution in [-0.2, 0) is 47.7 Å². The van der Waals surface area contributed by atoms with Crippen molar-refractivity contribution in [1.29, 1.82) is 5.26 Å². The molecular formula is C60H98N6O11. The molecule has 2 aromatic rings. The largest absolute Gasteiger partial charge is 0.462 e. The lowest BCUT2D eigenvalue weighted by Gasteiger charge is -2.42. The molecule has 0 bridgehead atoms. The first-order valence-electron chi connectivity index (χ1n) is 29.9. The van der Waals surface area contributed by atoms with E-state index in [1.165, 1.54) is 140 Å². The lowest BCUT2D eigenvalue weighted by atomic mass is 9.92. The molecule has 1 aliphatic heterocycles. The molecule has 0 aliphatic carbocycles. The average Bonchev–Trinajstić information content (AvgIpc) is 3.87. The average molecular weight is 1080 g/mol. The molecule has 1 saturated heterocycles. The van der Waals surface area contributed by atoms with Gasteiger partial charge in [-0.1, -0.05) is 182 Å². The van der Waals surface area contributed by atoms with Crippen molar-refractivity contribution in [2.45, 2.75) is 259 Å². The maximum atomic E-state index is 13.4. The van der Waals surface area contributed by atoms with Crippen molar-refractivity contribution >= 4 is 52.7 Å². The van der Waals surface area contributed by atoms with Gasteiger partial charge in [-0.2, -0.15) is 5.26 Å². The number of nitrogens with zero attached hydrogens (tertiary/aromatic N) is 6. The van der Waals surface area contributed by atoms with Crippen molar-refractivity contribution in [2.75, 3.05) is 38.3 Å². The number of fused-ring (bicyclic) bond motifs is 1. The van der Waals surface area contributed by atoms with Gasteiger partial charge in [0.25, 0.3) is 0 Å². The predicted molar refractivity (Wildman–Crippen MR) is 299 cm³/mol. The summed E-state index contributed by atoms with van der Waals surface area (Å²) < 4.78 is 28.8. The molecule has 0 saturated carbocycles. The first-order chi connectivity index (χ1) is 37.3. The fraction of sp³-hybridized carbons (Fsp3) is 0.783. The minimum Gasteiger partial charge on any atom is -0.462 e. The zero-order chi connectivity index (χ0) is 56.0. The normalized spacial score (nSPS) is 15.2. The molecule has 77 heavy (non-hydrogen) atoms. The third-order valence-electron chi connectivity index (χ3n) is 14.7. The highest BCUT2D eigenvalue weighted by Crippen LogP contribution is 2.30. The van der Waals surface area contributed by atoms with Crippen LogP contribution in [0.1, 0.15) is 240 Å². The fourth-order valence-corrected chi connectivity index (χ4v) is 10.0. The third-order valence-corrected chi connectivity index (χ3v) is 14.7. The van der Waals surface area contributed by atoms with Gasteiger partial charge in [-0.15, -0.1) is 0 Å². The number of likely N-dealkylation sites (N-methyl/N-ethyl adjacent to an activating group) is 1. The number of hydrogen-bond acceptors (Lipinski definition) is 15. The summed E-state index contributed by atoms with van der Waals surface area (Å²) in [5, 5.41) is 9.63. The Labute approximate surface area is 461 Å². The summed E-state index contributed by atoms with van der Waals surface area (Å²) in [5.41, 5.74) is 0.269. The number of piperidine rings is 1. The van der Waals surface area contributed by atoms with E-state index in [2.05, 4.69) is 30.7 Å². The smallest absolute Gasteiger partial charge is 0.422 e. The Balaban J connectivity index is 1.45. The van der Waals surface area contributed by atoms with Crippen LogP contribution in [0.3, 0.4) is 0 Å². The number of aromatic nitrogens is 3. The van der Waals surface area contributed by atoms with E-state index < -0.39 is 48.3 Å². The Kier molecular flexibility index (Phi) is 34.3. The minimum absolute atomic E-state index is 0.105. The Morgan fingerprint density at radius 1 is 0.662 bits per heavy atom. The van der Waals surface area contributed by atoms with Crippen molar-refractivity contribution in [3.63, 3.8) is 0 Å². The van der Waals surface area contributed by atoms with E-state index in [9.17, 15) is 28.8 Å². The molecule has 434 valence electrons. The fourth-order valence-electron chi connectivity index (χ4n) is 10.0. The summed E-state index contributed by atoms with van der Waals surface area (Å²) in [6.07, 6.45) is 31.4. The molecule has 2 aromatic heterocycles. The number of nitriles is 1. The van der Waals surface area contributed by atoms with E-state index in [1.54, 1.807) is 17.9 Å². The molecule has 4 atom stereocenters. The van der Waals surface area contributed by atoms with Gasteiger partial charge in [0.15, 0.2) is 11.8 Å². The van der Waals surface area contributed by atoms with Gasteiger partial charge < -0.3 is 33.5 Å². The molecule has 1 amide bonds. The van der Waals surface area contributed by atoms with Crippen LogP contribution >= 0.6 is 0 Å². The van der Waals surface area contributed by atoms with Gasteiger partial charge in [-0.05, 0) is 37.2 Å². The number of anilines is 1. The van der Waals surface area contributed by atoms with Crippen LogP contribution in [0.5, 0.6) is 0 Å². The molecule has 0 spiro atoms. The van der Waals surface area contributed by atoms with Crippen LogP contribution in [0.15, 0.2) is 18.6 Å². The van der Waals surface area contributed by atoms with Gasteiger partial charge in [0.2, 0.25) is 12.2 Å². The lowest BCUT2D eigenvalue weighted by molar-refractivity contribution is -0.169. The van der Waals surface area contributed by atoms with Crippen LogP contribution in [0.4, 0.5) is 10.6 Å². The van der Waals surface area contributed by atoms with E-state index in [-0.39, 0.29) is 68.8 Å². The number of rotatable bonds is 42. The van der Waals surface area contributed by atoms with Crippen LogP contribution in [0.25, 0.3) is 11.0 Å². The van der Waals surface area contributed by atoms with E-state index in [0.29, 0.717) is 37.1 Å². The number of carbonyl (C=O) groups excluding carboxylic acids is 6. The molecule has 17 nitrogen and oxygen atoms in total. The maximum Gasteiger partial charge on any atom is 0.422 e. The highest BCUT2D eigenvalue weighted by atomic mass is 16.7. The first kappa shape index (κ1) is 66.0. The number of amides is 1. The van der Waals surface area contributed by atoms with Gasteiger partial charge in [0.1, 0.15) is 31.8 Å². The molecule has 17 heteroatoms. The van der Waals surface area contributed by atoms with Crippen molar-refractivity contribution in [3.8, 4) is 6.07 Å². The number of ether oxygens (including phenoxy) is 5. The summed E-state index contributed by atoms with van der Waals surface area (Å²) in [6.45, 7) is 10.1.